The molecule has 2 aliphatic rings. The summed E-state index contributed by atoms with van der Waals surface area (Å²) >= 11 is 0. The fourth-order valence-electron chi connectivity index (χ4n) is 3.47. The summed E-state index contributed by atoms with van der Waals surface area (Å²) in [7, 11) is 0. The smallest absolute Gasteiger partial charge is 0.252 e. The summed E-state index contributed by atoms with van der Waals surface area (Å²) < 4.78 is 0. The number of aryl methyl sites for hydroxylation is 2. The van der Waals surface area contributed by atoms with Crippen molar-refractivity contribution in [3.8, 4) is 0 Å². The third-order valence-electron chi connectivity index (χ3n) is 4.56. The molecule has 108 valence electrons. The van der Waals surface area contributed by atoms with Gasteiger partial charge in [-0.05, 0) is 56.7 Å². The maximum absolute atomic E-state index is 11.8. The van der Waals surface area contributed by atoms with E-state index in [4.69, 9.17) is 16.5 Å². The Labute approximate surface area is 119 Å². The maximum atomic E-state index is 11.8. The molecule has 2 heterocycles. The van der Waals surface area contributed by atoms with Crippen LogP contribution in [-0.2, 0) is 12.8 Å². The Morgan fingerprint density at radius 2 is 2.30 bits per heavy atom. The fraction of sp³-hybridized carbons (Fsp3) is 0.600. The Bertz CT molecular complexity index is 543. The molecule has 1 aliphatic heterocycles. The lowest BCUT2D eigenvalue weighted by molar-refractivity contribution is 0.100. The number of anilines is 1. The first kappa shape index (κ1) is 13.4. The van der Waals surface area contributed by atoms with Gasteiger partial charge in [-0.3, -0.25) is 4.79 Å². The van der Waals surface area contributed by atoms with E-state index >= 15 is 0 Å². The van der Waals surface area contributed by atoms with Gasteiger partial charge in [-0.15, -0.1) is 0 Å². The Balaban J connectivity index is 2.02. The number of hydrogen-bond acceptors (Lipinski definition) is 4. The molecular weight excluding hydrogens is 252 g/mol. The van der Waals surface area contributed by atoms with Crippen LogP contribution in [-0.4, -0.2) is 30.0 Å². The van der Waals surface area contributed by atoms with Crippen molar-refractivity contribution in [2.24, 2.45) is 17.4 Å². The Hall–Kier alpha value is -1.62. The van der Waals surface area contributed by atoms with Gasteiger partial charge in [-0.2, -0.15) is 0 Å². The quantitative estimate of drug-likeness (QED) is 0.855. The molecule has 1 fully saturated rings. The summed E-state index contributed by atoms with van der Waals surface area (Å²) in [5.74, 6) is 0.855. The van der Waals surface area contributed by atoms with Crippen LogP contribution >= 0.6 is 0 Å². The highest BCUT2D eigenvalue weighted by molar-refractivity contribution is 5.98. The lowest BCUT2D eigenvalue weighted by Gasteiger charge is -2.25. The van der Waals surface area contributed by atoms with Crippen LogP contribution in [0.4, 0.5) is 5.82 Å². The van der Waals surface area contributed by atoms with E-state index in [1.165, 1.54) is 5.56 Å². The molecule has 1 amide bonds. The lowest BCUT2D eigenvalue weighted by atomic mass is 10.1. The van der Waals surface area contributed by atoms with Crippen LogP contribution in [0.5, 0.6) is 0 Å². The summed E-state index contributed by atoms with van der Waals surface area (Å²) in [6, 6.07) is 2.31. The first-order valence-corrected chi connectivity index (χ1v) is 7.39. The SMILES string of the molecule is CC1CC(CN)CN1c1nc2c(cc1C(N)=O)CCC2. The van der Waals surface area contributed by atoms with Gasteiger partial charge in [0.1, 0.15) is 5.82 Å². The minimum Gasteiger partial charge on any atom is -0.365 e. The molecule has 0 spiro atoms. The maximum Gasteiger partial charge on any atom is 0.252 e. The highest BCUT2D eigenvalue weighted by atomic mass is 16.1. The van der Waals surface area contributed by atoms with E-state index in [1.54, 1.807) is 0 Å². The first-order valence-electron chi connectivity index (χ1n) is 7.39. The summed E-state index contributed by atoms with van der Waals surface area (Å²) in [4.78, 5) is 18.7. The first-order chi connectivity index (χ1) is 9.60. The molecule has 2 unspecified atom stereocenters. The second-order valence-electron chi connectivity index (χ2n) is 6.02. The second-order valence-corrected chi connectivity index (χ2v) is 6.02. The molecule has 5 heteroatoms. The summed E-state index contributed by atoms with van der Waals surface area (Å²) in [5, 5.41) is 0. The van der Waals surface area contributed by atoms with Gasteiger partial charge in [0.05, 0.1) is 5.56 Å². The number of nitrogens with zero attached hydrogens (tertiary/aromatic N) is 2. The Kier molecular flexibility index (Phi) is 3.38. The number of carbonyl (C=O) groups excluding carboxylic acids is 1. The number of nitrogens with two attached hydrogens (primary N) is 2. The van der Waals surface area contributed by atoms with Gasteiger partial charge >= 0.3 is 0 Å². The molecule has 1 aliphatic carbocycles. The van der Waals surface area contributed by atoms with Crippen molar-refractivity contribution in [3.63, 3.8) is 0 Å². The van der Waals surface area contributed by atoms with Crippen molar-refractivity contribution < 1.29 is 4.79 Å². The number of hydrogen-bond donors (Lipinski definition) is 2. The van der Waals surface area contributed by atoms with Crippen molar-refractivity contribution in [2.75, 3.05) is 18.0 Å². The average Bonchev–Trinajstić information content (AvgIpc) is 3.02. The highest BCUT2D eigenvalue weighted by Crippen LogP contribution is 2.32. The topological polar surface area (TPSA) is 85.2 Å². The zero-order valence-electron chi connectivity index (χ0n) is 11.9. The number of fused-ring (bicyclic) bond motifs is 1. The van der Waals surface area contributed by atoms with E-state index in [1.807, 2.05) is 6.07 Å². The van der Waals surface area contributed by atoms with Crippen LogP contribution in [0.15, 0.2) is 6.07 Å². The number of aromatic nitrogens is 1. The molecule has 0 bridgehead atoms. The molecule has 1 aromatic rings. The molecule has 4 N–H and O–H groups in total. The van der Waals surface area contributed by atoms with E-state index in [2.05, 4.69) is 11.8 Å². The van der Waals surface area contributed by atoms with Crippen LogP contribution in [0.2, 0.25) is 0 Å². The van der Waals surface area contributed by atoms with E-state index < -0.39 is 0 Å². The van der Waals surface area contributed by atoms with Gasteiger partial charge in [0.2, 0.25) is 0 Å². The number of pyridine rings is 1. The van der Waals surface area contributed by atoms with E-state index in [0.29, 0.717) is 24.1 Å². The molecule has 3 rings (SSSR count). The zero-order valence-corrected chi connectivity index (χ0v) is 11.9. The molecule has 0 saturated carbocycles. The minimum atomic E-state index is -0.384. The third kappa shape index (κ3) is 2.16. The van der Waals surface area contributed by atoms with Crippen molar-refractivity contribution in [2.45, 2.75) is 38.6 Å². The van der Waals surface area contributed by atoms with Crippen LogP contribution in [0.1, 0.15) is 41.4 Å². The summed E-state index contributed by atoms with van der Waals surface area (Å²) in [5.41, 5.74) is 14.2. The Morgan fingerprint density at radius 3 is 2.95 bits per heavy atom. The van der Waals surface area contributed by atoms with Gasteiger partial charge < -0.3 is 16.4 Å². The van der Waals surface area contributed by atoms with Crippen LogP contribution in [0.25, 0.3) is 0 Å². The molecule has 2 atom stereocenters. The third-order valence-corrected chi connectivity index (χ3v) is 4.56. The molecule has 20 heavy (non-hydrogen) atoms. The van der Waals surface area contributed by atoms with Crippen molar-refractivity contribution in [1.82, 2.24) is 4.98 Å². The predicted molar refractivity (Wildman–Crippen MR) is 78.7 cm³/mol. The Morgan fingerprint density at radius 1 is 1.50 bits per heavy atom. The second kappa shape index (κ2) is 5.05. The van der Waals surface area contributed by atoms with Crippen LogP contribution in [0, 0.1) is 5.92 Å². The van der Waals surface area contributed by atoms with Crippen molar-refractivity contribution >= 4 is 11.7 Å². The van der Waals surface area contributed by atoms with E-state index in [-0.39, 0.29) is 5.91 Å². The largest absolute Gasteiger partial charge is 0.365 e. The predicted octanol–water partition coefficient (Wildman–Crippen LogP) is 0.843. The molecule has 1 aromatic heterocycles. The molecule has 1 saturated heterocycles. The normalized spacial score (nSPS) is 25.0. The number of carbonyl (C=O) groups is 1. The van der Waals surface area contributed by atoms with Gasteiger partial charge in [0, 0.05) is 18.3 Å². The average molecular weight is 274 g/mol. The molecular formula is C15H22N4O. The summed E-state index contributed by atoms with van der Waals surface area (Å²) in [6.45, 7) is 3.71. The van der Waals surface area contributed by atoms with E-state index in [0.717, 1.165) is 43.7 Å². The number of rotatable bonds is 3. The van der Waals surface area contributed by atoms with Gasteiger partial charge in [-0.25, -0.2) is 4.98 Å². The lowest BCUT2D eigenvalue weighted by Crippen LogP contribution is -2.31. The standard InChI is InChI=1S/C15H22N4O/c1-9-5-10(7-16)8-19(9)15-12(14(17)20)6-11-3-2-4-13(11)18-15/h6,9-10H,2-5,7-8,16H2,1H3,(H2,17,20). The zero-order chi connectivity index (χ0) is 14.3. The van der Waals surface area contributed by atoms with E-state index in [9.17, 15) is 4.79 Å². The molecule has 5 nitrogen and oxygen atoms in total. The summed E-state index contributed by atoms with van der Waals surface area (Å²) in [6.07, 6.45) is 4.17. The fourth-order valence-corrected chi connectivity index (χ4v) is 3.47. The number of primary amides is 1. The van der Waals surface area contributed by atoms with Gasteiger partial charge in [0.15, 0.2) is 0 Å². The number of amides is 1. The van der Waals surface area contributed by atoms with Crippen molar-refractivity contribution in [3.05, 3.63) is 22.9 Å². The molecule has 0 radical (unpaired) electrons. The monoisotopic (exact) mass is 274 g/mol. The van der Waals surface area contributed by atoms with Crippen molar-refractivity contribution in [1.29, 1.82) is 0 Å². The van der Waals surface area contributed by atoms with Crippen LogP contribution < -0.4 is 16.4 Å². The van der Waals surface area contributed by atoms with Gasteiger partial charge in [-0.1, -0.05) is 0 Å². The van der Waals surface area contributed by atoms with Gasteiger partial charge in [0.25, 0.3) is 5.91 Å². The molecule has 0 aromatic carbocycles. The minimum absolute atomic E-state index is 0.355. The highest BCUT2D eigenvalue weighted by Gasteiger charge is 2.32. The van der Waals surface area contributed by atoms with Crippen LogP contribution in [0.3, 0.4) is 0 Å².